The molecule has 6 atom stereocenters. The first-order chi connectivity index (χ1) is 9.02. The SMILES string of the molecule is CC1C(OCc2ccccc2)[C@H](C)C(C)[C@H](C)[C@H]1C. The molecule has 1 aliphatic carbocycles. The molecule has 1 aromatic rings. The number of rotatable bonds is 3. The number of hydrogen-bond donors (Lipinski definition) is 0. The third kappa shape index (κ3) is 3.02. The van der Waals surface area contributed by atoms with E-state index in [9.17, 15) is 0 Å². The monoisotopic (exact) mass is 260 g/mol. The molecule has 0 N–H and O–H groups in total. The second kappa shape index (κ2) is 6.09. The second-order valence-corrected chi connectivity index (χ2v) is 6.56. The van der Waals surface area contributed by atoms with Crippen molar-refractivity contribution in [2.45, 2.75) is 47.3 Å². The van der Waals surface area contributed by atoms with E-state index >= 15 is 0 Å². The lowest BCUT2D eigenvalue weighted by atomic mass is 9.63. The highest BCUT2D eigenvalue weighted by Gasteiger charge is 2.41. The fraction of sp³-hybridized carbons (Fsp3) is 0.667. The smallest absolute Gasteiger partial charge is 0.0720 e. The Balaban J connectivity index is 2.02. The molecule has 106 valence electrons. The summed E-state index contributed by atoms with van der Waals surface area (Å²) in [6, 6.07) is 10.5. The molecule has 1 heteroatoms. The highest BCUT2D eigenvalue weighted by molar-refractivity contribution is 5.13. The van der Waals surface area contributed by atoms with Gasteiger partial charge in [-0.2, -0.15) is 0 Å². The molecule has 0 saturated heterocycles. The molecule has 0 amide bonds. The van der Waals surface area contributed by atoms with E-state index in [1.807, 2.05) is 0 Å². The maximum Gasteiger partial charge on any atom is 0.0720 e. The van der Waals surface area contributed by atoms with Crippen molar-refractivity contribution in [2.24, 2.45) is 29.6 Å². The molecular formula is C18H28O. The van der Waals surface area contributed by atoms with Crippen LogP contribution in [-0.2, 0) is 11.3 Å². The van der Waals surface area contributed by atoms with Gasteiger partial charge in [0.1, 0.15) is 0 Å². The van der Waals surface area contributed by atoms with Crippen molar-refractivity contribution in [3.05, 3.63) is 35.9 Å². The van der Waals surface area contributed by atoms with E-state index in [-0.39, 0.29) is 0 Å². The summed E-state index contributed by atoms with van der Waals surface area (Å²) < 4.78 is 6.28. The van der Waals surface area contributed by atoms with Crippen LogP contribution in [0, 0.1) is 29.6 Å². The van der Waals surface area contributed by atoms with Gasteiger partial charge in [0, 0.05) is 0 Å². The molecule has 1 fully saturated rings. The van der Waals surface area contributed by atoms with Crippen molar-refractivity contribution in [1.82, 2.24) is 0 Å². The molecular weight excluding hydrogens is 232 g/mol. The van der Waals surface area contributed by atoms with Crippen LogP contribution < -0.4 is 0 Å². The van der Waals surface area contributed by atoms with E-state index in [1.54, 1.807) is 0 Å². The van der Waals surface area contributed by atoms with Gasteiger partial charge in [0.05, 0.1) is 12.7 Å². The summed E-state index contributed by atoms with van der Waals surface area (Å²) >= 11 is 0. The van der Waals surface area contributed by atoms with Crippen LogP contribution in [0.25, 0.3) is 0 Å². The molecule has 0 spiro atoms. The lowest BCUT2D eigenvalue weighted by molar-refractivity contribution is -0.102. The van der Waals surface area contributed by atoms with Gasteiger partial charge in [-0.25, -0.2) is 0 Å². The van der Waals surface area contributed by atoms with Crippen molar-refractivity contribution >= 4 is 0 Å². The zero-order valence-electron chi connectivity index (χ0n) is 13.0. The Morgan fingerprint density at radius 1 is 0.737 bits per heavy atom. The Kier molecular flexibility index (Phi) is 4.67. The van der Waals surface area contributed by atoms with Crippen molar-refractivity contribution in [3.8, 4) is 0 Å². The van der Waals surface area contributed by atoms with Crippen molar-refractivity contribution in [1.29, 1.82) is 0 Å². The lowest BCUT2D eigenvalue weighted by Crippen LogP contribution is -2.45. The minimum absolute atomic E-state index is 0.390. The molecule has 0 radical (unpaired) electrons. The molecule has 0 heterocycles. The predicted molar refractivity (Wildman–Crippen MR) is 80.8 cm³/mol. The number of hydrogen-bond acceptors (Lipinski definition) is 1. The van der Waals surface area contributed by atoms with E-state index in [0.29, 0.717) is 17.9 Å². The Hall–Kier alpha value is -0.820. The molecule has 2 rings (SSSR count). The topological polar surface area (TPSA) is 9.23 Å². The summed E-state index contributed by atoms with van der Waals surface area (Å²) in [6.45, 7) is 12.6. The Morgan fingerprint density at radius 2 is 1.21 bits per heavy atom. The summed E-state index contributed by atoms with van der Waals surface area (Å²) in [7, 11) is 0. The summed E-state index contributed by atoms with van der Waals surface area (Å²) in [4.78, 5) is 0. The molecule has 0 bridgehead atoms. The van der Waals surface area contributed by atoms with Gasteiger partial charge in [0.25, 0.3) is 0 Å². The van der Waals surface area contributed by atoms with Crippen LogP contribution in [-0.4, -0.2) is 6.10 Å². The molecule has 1 nitrogen and oxygen atoms in total. The highest BCUT2D eigenvalue weighted by atomic mass is 16.5. The molecule has 1 saturated carbocycles. The van der Waals surface area contributed by atoms with E-state index in [1.165, 1.54) is 5.56 Å². The molecule has 3 unspecified atom stereocenters. The molecule has 0 aliphatic heterocycles. The van der Waals surface area contributed by atoms with Gasteiger partial charge >= 0.3 is 0 Å². The minimum Gasteiger partial charge on any atom is -0.373 e. The van der Waals surface area contributed by atoms with E-state index in [2.05, 4.69) is 65.0 Å². The average molecular weight is 260 g/mol. The van der Waals surface area contributed by atoms with Gasteiger partial charge in [-0.3, -0.25) is 0 Å². The number of ether oxygens (including phenoxy) is 1. The van der Waals surface area contributed by atoms with Gasteiger partial charge in [0.2, 0.25) is 0 Å². The van der Waals surface area contributed by atoms with Crippen LogP contribution in [0.2, 0.25) is 0 Å². The molecule has 1 aromatic carbocycles. The van der Waals surface area contributed by atoms with Gasteiger partial charge < -0.3 is 4.74 Å². The van der Waals surface area contributed by atoms with Gasteiger partial charge in [-0.05, 0) is 35.2 Å². The zero-order valence-corrected chi connectivity index (χ0v) is 13.0. The Morgan fingerprint density at radius 3 is 1.74 bits per heavy atom. The van der Waals surface area contributed by atoms with Gasteiger partial charge in [0.15, 0.2) is 0 Å². The van der Waals surface area contributed by atoms with Crippen LogP contribution in [0.3, 0.4) is 0 Å². The van der Waals surface area contributed by atoms with E-state index in [4.69, 9.17) is 4.74 Å². The molecule has 19 heavy (non-hydrogen) atoms. The summed E-state index contributed by atoms with van der Waals surface area (Å²) in [5.41, 5.74) is 1.28. The maximum atomic E-state index is 6.28. The fourth-order valence-corrected chi connectivity index (χ4v) is 3.58. The first kappa shape index (κ1) is 14.6. The Bertz CT molecular complexity index is 370. The highest BCUT2D eigenvalue weighted by Crippen LogP contribution is 2.43. The van der Waals surface area contributed by atoms with Crippen LogP contribution in [0.4, 0.5) is 0 Å². The van der Waals surface area contributed by atoms with Crippen LogP contribution in [0.15, 0.2) is 30.3 Å². The van der Waals surface area contributed by atoms with E-state index in [0.717, 1.165) is 24.4 Å². The number of benzene rings is 1. The van der Waals surface area contributed by atoms with Crippen LogP contribution in [0.1, 0.15) is 40.2 Å². The third-order valence-corrected chi connectivity index (χ3v) is 5.64. The maximum absolute atomic E-state index is 6.28. The normalized spacial score (nSPS) is 39.2. The van der Waals surface area contributed by atoms with Crippen molar-refractivity contribution in [3.63, 3.8) is 0 Å². The summed E-state index contributed by atoms with van der Waals surface area (Å²) in [5.74, 6) is 3.57. The van der Waals surface area contributed by atoms with Gasteiger partial charge in [-0.15, -0.1) is 0 Å². The zero-order chi connectivity index (χ0) is 14.0. The van der Waals surface area contributed by atoms with E-state index < -0.39 is 0 Å². The predicted octanol–water partition coefficient (Wildman–Crippen LogP) is 4.77. The largest absolute Gasteiger partial charge is 0.373 e. The molecule has 0 aromatic heterocycles. The Labute approximate surface area is 118 Å². The quantitative estimate of drug-likeness (QED) is 0.761. The van der Waals surface area contributed by atoms with Crippen molar-refractivity contribution < 1.29 is 4.74 Å². The first-order valence-electron chi connectivity index (χ1n) is 7.68. The first-order valence-corrected chi connectivity index (χ1v) is 7.68. The van der Waals surface area contributed by atoms with Crippen molar-refractivity contribution in [2.75, 3.05) is 0 Å². The standard InChI is InChI=1S/C18H28O/c1-12-13(2)15(4)18(16(5)14(12)3)19-11-17-9-7-6-8-10-17/h6-10,12-16,18H,11H2,1-5H3/t12-,13-,14?,15?,16-,18?/m1/s1. The summed E-state index contributed by atoms with van der Waals surface area (Å²) in [5, 5.41) is 0. The summed E-state index contributed by atoms with van der Waals surface area (Å²) in [6.07, 6.45) is 0.390. The molecule has 1 aliphatic rings. The average Bonchev–Trinajstić information content (AvgIpc) is 2.44. The minimum atomic E-state index is 0.390. The second-order valence-electron chi connectivity index (χ2n) is 6.56. The fourth-order valence-electron chi connectivity index (χ4n) is 3.58. The van der Waals surface area contributed by atoms with Gasteiger partial charge in [-0.1, -0.05) is 65.0 Å². The lowest BCUT2D eigenvalue weighted by Gasteiger charge is -2.46. The van der Waals surface area contributed by atoms with Crippen LogP contribution >= 0.6 is 0 Å². The van der Waals surface area contributed by atoms with Crippen LogP contribution in [0.5, 0.6) is 0 Å². The third-order valence-electron chi connectivity index (χ3n) is 5.64.